The quantitative estimate of drug-likeness (QED) is 0.768. The van der Waals surface area contributed by atoms with E-state index in [0.29, 0.717) is 17.6 Å². The first kappa shape index (κ1) is 15.5. The summed E-state index contributed by atoms with van der Waals surface area (Å²) < 4.78 is 0. The molecule has 6 heteroatoms. The van der Waals surface area contributed by atoms with E-state index in [9.17, 15) is 4.79 Å². The number of hydrogen-bond acceptors (Lipinski definition) is 5. The first-order chi connectivity index (χ1) is 12.0. The summed E-state index contributed by atoms with van der Waals surface area (Å²) in [5.41, 5.74) is 8.88. The number of pyridine rings is 3. The third-order valence-corrected chi connectivity index (χ3v) is 4.76. The minimum absolute atomic E-state index is 0.0321. The zero-order valence-corrected chi connectivity index (χ0v) is 14.2. The molecule has 1 aliphatic rings. The predicted octanol–water partition coefficient (Wildman–Crippen LogP) is 3.18. The summed E-state index contributed by atoms with van der Waals surface area (Å²) in [7, 11) is 0. The van der Waals surface area contributed by atoms with E-state index in [0.717, 1.165) is 34.0 Å². The topological polar surface area (TPSA) is 93.8 Å². The van der Waals surface area contributed by atoms with Gasteiger partial charge in [0.05, 0.1) is 5.69 Å². The first-order valence-electron chi connectivity index (χ1n) is 8.31. The number of hydrogen-bond donors (Lipinski definition) is 2. The van der Waals surface area contributed by atoms with Crippen molar-refractivity contribution < 1.29 is 4.79 Å². The van der Waals surface area contributed by atoms with Crippen LogP contribution in [-0.2, 0) is 4.79 Å². The van der Waals surface area contributed by atoms with Gasteiger partial charge in [-0.25, -0.2) is 9.97 Å². The number of carbonyl (C=O) groups is 1. The number of anilines is 2. The van der Waals surface area contributed by atoms with Crippen LogP contribution in [0.3, 0.4) is 0 Å². The fourth-order valence-electron chi connectivity index (χ4n) is 3.02. The van der Waals surface area contributed by atoms with Gasteiger partial charge < -0.3 is 11.1 Å². The fraction of sp³-hybridized carbons (Fsp3) is 0.263. The van der Waals surface area contributed by atoms with Crippen LogP contribution in [0, 0.1) is 18.8 Å². The van der Waals surface area contributed by atoms with Crippen LogP contribution in [0.15, 0.2) is 36.8 Å². The summed E-state index contributed by atoms with van der Waals surface area (Å²) in [6, 6.07) is 5.73. The molecule has 0 unspecified atom stereocenters. The van der Waals surface area contributed by atoms with E-state index in [-0.39, 0.29) is 11.8 Å². The van der Waals surface area contributed by atoms with Crippen molar-refractivity contribution in [3.63, 3.8) is 0 Å². The summed E-state index contributed by atoms with van der Waals surface area (Å²) in [4.78, 5) is 25.1. The molecule has 0 bridgehead atoms. The van der Waals surface area contributed by atoms with Gasteiger partial charge in [-0.15, -0.1) is 0 Å². The van der Waals surface area contributed by atoms with Crippen molar-refractivity contribution in [1.29, 1.82) is 0 Å². The molecule has 3 N–H and O–H groups in total. The van der Waals surface area contributed by atoms with Gasteiger partial charge in [0, 0.05) is 35.5 Å². The SMILES string of the molecule is Cc1ccncc1-c1cc2cc(NC(=O)[C@@H]3C[C@H]3C)ncc2c(N)n1. The molecule has 0 saturated heterocycles. The van der Waals surface area contributed by atoms with Gasteiger partial charge in [0.1, 0.15) is 11.6 Å². The van der Waals surface area contributed by atoms with Gasteiger partial charge in [-0.2, -0.15) is 0 Å². The standard InChI is InChI=1S/C19H19N5O/c1-10-3-4-21-8-14(10)16-6-12-7-17(22-9-15(12)18(20)23-16)24-19(25)13-5-11(13)2/h3-4,6-9,11,13H,5H2,1-2H3,(H2,20,23)(H,22,24,25)/t11-,13-/m1/s1. The van der Waals surface area contributed by atoms with E-state index in [1.54, 1.807) is 18.6 Å². The van der Waals surface area contributed by atoms with E-state index in [4.69, 9.17) is 5.73 Å². The van der Waals surface area contributed by atoms with E-state index >= 15 is 0 Å². The smallest absolute Gasteiger partial charge is 0.228 e. The number of nitrogens with two attached hydrogens (primary N) is 1. The number of amides is 1. The number of fused-ring (bicyclic) bond motifs is 1. The second kappa shape index (κ2) is 5.81. The van der Waals surface area contributed by atoms with Crippen molar-refractivity contribution in [2.45, 2.75) is 20.3 Å². The van der Waals surface area contributed by atoms with Gasteiger partial charge >= 0.3 is 0 Å². The van der Waals surface area contributed by atoms with Crippen LogP contribution < -0.4 is 11.1 Å². The average molecular weight is 333 g/mol. The normalized spacial score (nSPS) is 19.0. The van der Waals surface area contributed by atoms with Crippen LogP contribution in [0.1, 0.15) is 18.9 Å². The summed E-state index contributed by atoms with van der Waals surface area (Å²) in [6.45, 7) is 4.08. The molecule has 0 aromatic carbocycles. The Hall–Kier alpha value is -3.02. The van der Waals surface area contributed by atoms with Crippen molar-refractivity contribution in [2.24, 2.45) is 11.8 Å². The molecule has 2 atom stereocenters. The van der Waals surface area contributed by atoms with Crippen molar-refractivity contribution in [1.82, 2.24) is 15.0 Å². The van der Waals surface area contributed by atoms with Crippen molar-refractivity contribution in [3.8, 4) is 11.3 Å². The molecule has 1 amide bonds. The van der Waals surface area contributed by atoms with Gasteiger partial charge in [-0.05, 0) is 48.4 Å². The van der Waals surface area contributed by atoms with E-state index < -0.39 is 0 Å². The maximum atomic E-state index is 12.1. The molecule has 0 radical (unpaired) electrons. The second-order valence-electron chi connectivity index (χ2n) is 6.68. The fourth-order valence-corrected chi connectivity index (χ4v) is 3.02. The molecule has 25 heavy (non-hydrogen) atoms. The van der Waals surface area contributed by atoms with Gasteiger partial charge in [-0.1, -0.05) is 6.92 Å². The van der Waals surface area contributed by atoms with Crippen molar-refractivity contribution >= 4 is 28.3 Å². The Labute approximate surface area is 145 Å². The molecule has 6 nitrogen and oxygen atoms in total. The molecular formula is C19H19N5O. The average Bonchev–Trinajstić information content (AvgIpc) is 3.32. The Balaban J connectivity index is 1.73. The lowest BCUT2D eigenvalue weighted by Gasteiger charge is -2.10. The molecule has 4 rings (SSSR count). The molecule has 3 aromatic heterocycles. The van der Waals surface area contributed by atoms with Crippen molar-refractivity contribution in [2.75, 3.05) is 11.1 Å². The van der Waals surface area contributed by atoms with Crippen LogP contribution in [0.5, 0.6) is 0 Å². The molecule has 3 heterocycles. The zero-order chi connectivity index (χ0) is 17.6. The number of carbonyl (C=O) groups excluding carboxylic acids is 1. The molecule has 3 aromatic rings. The van der Waals surface area contributed by atoms with Crippen LogP contribution in [-0.4, -0.2) is 20.9 Å². The zero-order valence-electron chi connectivity index (χ0n) is 14.2. The lowest BCUT2D eigenvalue weighted by Crippen LogP contribution is -2.15. The molecular weight excluding hydrogens is 314 g/mol. The molecule has 0 spiro atoms. The molecule has 1 fully saturated rings. The van der Waals surface area contributed by atoms with E-state index in [1.807, 2.05) is 25.1 Å². The summed E-state index contributed by atoms with van der Waals surface area (Å²) in [5, 5.41) is 4.55. The number of nitrogens with one attached hydrogen (secondary N) is 1. The van der Waals surface area contributed by atoms with Gasteiger partial charge in [0.25, 0.3) is 0 Å². The number of aryl methyl sites for hydroxylation is 1. The summed E-state index contributed by atoms with van der Waals surface area (Å²) in [6.07, 6.45) is 6.13. The van der Waals surface area contributed by atoms with E-state index in [2.05, 4.69) is 27.2 Å². The van der Waals surface area contributed by atoms with Crippen LogP contribution in [0.25, 0.3) is 22.0 Å². The second-order valence-corrected chi connectivity index (χ2v) is 6.68. The molecule has 0 aliphatic heterocycles. The Kier molecular flexibility index (Phi) is 3.60. The van der Waals surface area contributed by atoms with Crippen LogP contribution in [0.4, 0.5) is 11.6 Å². The molecule has 1 aliphatic carbocycles. The predicted molar refractivity (Wildman–Crippen MR) is 97.8 cm³/mol. The third kappa shape index (κ3) is 2.91. The minimum Gasteiger partial charge on any atom is -0.383 e. The number of aromatic nitrogens is 3. The Morgan fingerprint density at radius 1 is 1.32 bits per heavy atom. The molecule has 1 saturated carbocycles. The lowest BCUT2D eigenvalue weighted by molar-refractivity contribution is -0.117. The number of nitrogens with zero attached hydrogens (tertiary/aromatic N) is 3. The highest BCUT2D eigenvalue weighted by molar-refractivity contribution is 5.98. The lowest BCUT2D eigenvalue weighted by atomic mass is 10.1. The Morgan fingerprint density at radius 2 is 2.12 bits per heavy atom. The Bertz CT molecular complexity index is 985. The first-order valence-corrected chi connectivity index (χ1v) is 8.31. The maximum absolute atomic E-state index is 12.1. The van der Waals surface area contributed by atoms with Gasteiger partial charge in [0.15, 0.2) is 0 Å². The van der Waals surface area contributed by atoms with Gasteiger partial charge in [-0.3, -0.25) is 9.78 Å². The van der Waals surface area contributed by atoms with Crippen LogP contribution in [0.2, 0.25) is 0 Å². The largest absolute Gasteiger partial charge is 0.383 e. The number of nitrogen functional groups attached to an aromatic ring is 1. The van der Waals surface area contributed by atoms with Crippen LogP contribution >= 0.6 is 0 Å². The van der Waals surface area contributed by atoms with Gasteiger partial charge in [0.2, 0.25) is 5.91 Å². The highest BCUT2D eigenvalue weighted by Crippen LogP contribution is 2.38. The minimum atomic E-state index is 0.0321. The highest BCUT2D eigenvalue weighted by atomic mass is 16.2. The van der Waals surface area contributed by atoms with Crippen molar-refractivity contribution in [3.05, 3.63) is 42.4 Å². The monoisotopic (exact) mass is 333 g/mol. The number of rotatable bonds is 3. The Morgan fingerprint density at radius 3 is 2.84 bits per heavy atom. The summed E-state index contributed by atoms with van der Waals surface area (Å²) in [5.74, 6) is 1.55. The third-order valence-electron chi connectivity index (χ3n) is 4.76. The molecule has 126 valence electrons. The highest BCUT2D eigenvalue weighted by Gasteiger charge is 2.39. The van der Waals surface area contributed by atoms with E-state index in [1.165, 1.54) is 0 Å². The maximum Gasteiger partial charge on any atom is 0.228 e. The summed E-state index contributed by atoms with van der Waals surface area (Å²) >= 11 is 0.